The summed E-state index contributed by atoms with van der Waals surface area (Å²) in [6.45, 7) is 2.37. The minimum absolute atomic E-state index is 0.0609. The highest BCUT2D eigenvalue weighted by Gasteiger charge is 2.35. The van der Waals surface area contributed by atoms with Gasteiger partial charge < -0.3 is 14.4 Å². The van der Waals surface area contributed by atoms with Crippen LogP contribution in [0.3, 0.4) is 0 Å². The average Bonchev–Trinajstić information content (AvgIpc) is 2.94. The lowest BCUT2D eigenvalue weighted by atomic mass is 10.0. The molecule has 1 aromatic rings. The number of likely N-dealkylation sites (tertiary alicyclic amines) is 1. The molecule has 1 aromatic heterocycles. The predicted octanol–water partition coefficient (Wildman–Crippen LogP) is 1.03. The molecule has 1 aliphatic heterocycles. The second kappa shape index (κ2) is 4.77. The zero-order valence-corrected chi connectivity index (χ0v) is 9.91. The van der Waals surface area contributed by atoms with E-state index in [4.69, 9.17) is 4.42 Å². The zero-order chi connectivity index (χ0) is 13.3. The maximum Gasteiger partial charge on any atom is 0.433 e. The summed E-state index contributed by atoms with van der Waals surface area (Å²) < 4.78 is 4.88. The zero-order valence-electron chi connectivity index (χ0n) is 9.91. The fourth-order valence-corrected chi connectivity index (χ4v) is 2.22. The molecule has 0 aromatic carbocycles. The summed E-state index contributed by atoms with van der Waals surface area (Å²) in [7, 11) is 0. The van der Waals surface area contributed by atoms with Crippen molar-refractivity contribution in [2.45, 2.75) is 19.4 Å². The molecule has 0 spiro atoms. The Labute approximate surface area is 103 Å². The van der Waals surface area contributed by atoms with Gasteiger partial charge in [0.2, 0.25) is 0 Å². The van der Waals surface area contributed by atoms with E-state index >= 15 is 0 Å². The third-order valence-electron chi connectivity index (χ3n) is 3.31. The summed E-state index contributed by atoms with van der Waals surface area (Å²) in [5.74, 6) is -0.712. The Morgan fingerprint density at radius 3 is 2.94 bits per heavy atom. The lowest BCUT2D eigenvalue weighted by Gasteiger charge is -2.24. The number of nitro groups is 1. The van der Waals surface area contributed by atoms with E-state index in [-0.39, 0.29) is 24.3 Å². The van der Waals surface area contributed by atoms with Gasteiger partial charge in [-0.3, -0.25) is 14.9 Å². The molecule has 2 unspecified atom stereocenters. The molecular weight excluding hydrogens is 240 g/mol. The molecule has 2 heterocycles. The van der Waals surface area contributed by atoms with E-state index in [0.717, 1.165) is 12.5 Å². The summed E-state index contributed by atoms with van der Waals surface area (Å²) in [6.07, 6.45) is 0.805. The fourth-order valence-electron chi connectivity index (χ4n) is 2.22. The quantitative estimate of drug-likeness (QED) is 0.641. The molecule has 2 atom stereocenters. The Balaban J connectivity index is 2.18. The summed E-state index contributed by atoms with van der Waals surface area (Å²) in [5, 5.41) is 19.7. The van der Waals surface area contributed by atoms with Crippen LogP contribution in [0.15, 0.2) is 16.5 Å². The Hall–Kier alpha value is -1.89. The SMILES string of the molecule is CC1CCN(C(=O)c2ccc([N+](=O)[O-])o2)C1CO. The predicted molar refractivity (Wildman–Crippen MR) is 61.1 cm³/mol. The molecule has 98 valence electrons. The number of carbonyl (C=O) groups is 1. The first-order valence-corrected chi connectivity index (χ1v) is 5.70. The second-order valence-electron chi connectivity index (χ2n) is 4.41. The third kappa shape index (κ3) is 2.08. The largest absolute Gasteiger partial charge is 0.433 e. The average molecular weight is 254 g/mol. The molecule has 1 N–H and O–H groups in total. The Morgan fingerprint density at radius 1 is 1.67 bits per heavy atom. The standard InChI is InChI=1S/C11H14N2O5/c1-7-4-5-12(8(7)6-14)11(15)9-2-3-10(18-9)13(16)17/h2-3,7-8,14H,4-6H2,1H3. The molecule has 1 aliphatic rings. The monoisotopic (exact) mass is 254 g/mol. The lowest BCUT2D eigenvalue weighted by molar-refractivity contribution is -0.402. The molecule has 0 saturated carbocycles. The summed E-state index contributed by atoms with van der Waals surface area (Å²) >= 11 is 0. The number of aliphatic hydroxyl groups excluding tert-OH is 1. The van der Waals surface area contributed by atoms with Crippen molar-refractivity contribution >= 4 is 11.8 Å². The number of hydrogen-bond acceptors (Lipinski definition) is 5. The van der Waals surface area contributed by atoms with Gasteiger partial charge in [0, 0.05) is 6.54 Å². The molecule has 7 nitrogen and oxygen atoms in total. The van der Waals surface area contributed by atoms with Gasteiger partial charge in [0.15, 0.2) is 5.76 Å². The number of hydrogen-bond donors (Lipinski definition) is 1. The van der Waals surface area contributed by atoms with E-state index in [2.05, 4.69) is 0 Å². The van der Waals surface area contributed by atoms with Gasteiger partial charge in [0.1, 0.15) is 4.92 Å². The summed E-state index contributed by atoms with van der Waals surface area (Å²) in [4.78, 5) is 23.4. The Kier molecular flexibility index (Phi) is 3.33. The first-order valence-electron chi connectivity index (χ1n) is 5.70. The third-order valence-corrected chi connectivity index (χ3v) is 3.31. The first-order chi connectivity index (χ1) is 8.54. The number of furan rings is 1. The van der Waals surface area contributed by atoms with Crippen molar-refractivity contribution in [2.75, 3.05) is 13.2 Å². The van der Waals surface area contributed by atoms with Crippen molar-refractivity contribution < 1.29 is 19.2 Å². The van der Waals surface area contributed by atoms with Crippen LogP contribution < -0.4 is 0 Å². The number of aliphatic hydroxyl groups is 1. The van der Waals surface area contributed by atoms with Gasteiger partial charge in [0.05, 0.1) is 18.7 Å². The van der Waals surface area contributed by atoms with Crippen molar-refractivity contribution in [2.24, 2.45) is 5.92 Å². The normalized spacial score (nSPS) is 23.3. The molecule has 1 fully saturated rings. The van der Waals surface area contributed by atoms with Crippen LogP contribution in [-0.4, -0.2) is 40.0 Å². The topological polar surface area (TPSA) is 96.8 Å². The van der Waals surface area contributed by atoms with Gasteiger partial charge in [-0.05, 0) is 18.4 Å². The summed E-state index contributed by atoms with van der Waals surface area (Å²) in [5.41, 5.74) is 0. The summed E-state index contributed by atoms with van der Waals surface area (Å²) in [6, 6.07) is 2.19. The molecule has 1 amide bonds. The van der Waals surface area contributed by atoms with Gasteiger partial charge in [-0.2, -0.15) is 0 Å². The van der Waals surface area contributed by atoms with Crippen molar-refractivity contribution in [1.29, 1.82) is 0 Å². The molecule has 2 rings (SSSR count). The van der Waals surface area contributed by atoms with Crippen molar-refractivity contribution in [3.05, 3.63) is 28.0 Å². The van der Waals surface area contributed by atoms with E-state index in [1.165, 1.54) is 11.0 Å². The van der Waals surface area contributed by atoms with Gasteiger partial charge in [0.25, 0.3) is 5.91 Å². The Bertz CT molecular complexity index is 470. The van der Waals surface area contributed by atoms with Crippen LogP contribution in [0.1, 0.15) is 23.9 Å². The van der Waals surface area contributed by atoms with Crippen LogP contribution in [0, 0.1) is 16.0 Å². The van der Waals surface area contributed by atoms with Crippen molar-refractivity contribution in [3.8, 4) is 0 Å². The maximum atomic E-state index is 12.1. The molecule has 0 bridgehead atoms. The number of nitrogens with zero attached hydrogens (tertiary/aromatic N) is 2. The minimum Gasteiger partial charge on any atom is -0.395 e. The van der Waals surface area contributed by atoms with Gasteiger partial charge in [-0.25, -0.2) is 0 Å². The molecule has 18 heavy (non-hydrogen) atoms. The lowest BCUT2D eigenvalue weighted by Crippen LogP contribution is -2.39. The smallest absolute Gasteiger partial charge is 0.395 e. The van der Waals surface area contributed by atoms with Gasteiger partial charge in [-0.15, -0.1) is 0 Å². The first kappa shape index (κ1) is 12.6. The highest BCUT2D eigenvalue weighted by molar-refractivity contribution is 5.92. The number of carbonyl (C=O) groups excluding carboxylic acids is 1. The second-order valence-corrected chi connectivity index (χ2v) is 4.41. The van der Waals surface area contributed by atoms with Crippen LogP contribution in [0.2, 0.25) is 0 Å². The van der Waals surface area contributed by atoms with Crippen molar-refractivity contribution in [3.63, 3.8) is 0 Å². The Morgan fingerprint density at radius 2 is 2.39 bits per heavy atom. The van der Waals surface area contributed by atoms with Crippen LogP contribution in [0.5, 0.6) is 0 Å². The van der Waals surface area contributed by atoms with Gasteiger partial charge in [-0.1, -0.05) is 6.92 Å². The minimum atomic E-state index is -0.688. The number of amides is 1. The molecular formula is C11H14N2O5. The van der Waals surface area contributed by atoms with E-state index < -0.39 is 16.7 Å². The van der Waals surface area contributed by atoms with Gasteiger partial charge >= 0.3 is 5.88 Å². The van der Waals surface area contributed by atoms with Crippen LogP contribution in [0.25, 0.3) is 0 Å². The van der Waals surface area contributed by atoms with E-state index in [1.54, 1.807) is 0 Å². The van der Waals surface area contributed by atoms with Crippen LogP contribution in [0.4, 0.5) is 5.88 Å². The van der Waals surface area contributed by atoms with Crippen molar-refractivity contribution in [1.82, 2.24) is 4.90 Å². The fraction of sp³-hybridized carbons (Fsp3) is 0.545. The molecule has 7 heteroatoms. The number of rotatable bonds is 3. The molecule has 0 aliphatic carbocycles. The van der Waals surface area contributed by atoms with Crippen LogP contribution >= 0.6 is 0 Å². The van der Waals surface area contributed by atoms with E-state index in [0.29, 0.717) is 6.54 Å². The molecule has 1 saturated heterocycles. The highest BCUT2D eigenvalue weighted by Crippen LogP contribution is 2.26. The highest BCUT2D eigenvalue weighted by atomic mass is 16.6. The van der Waals surface area contributed by atoms with E-state index in [1.807, 2.05) is 6.92 Å². The maximum absolute atomic E-state index is 12.1. The van der Waals surface area contributed by atoms with Crippen LogP contribution in [-0.2, 0) is 0 Å². The van der Waals surface area contributed by atoms with E-state index in [9.17, 15) is 20.0 Å². The molecule has 0 radical (unpaired) electrons.